The predicted octanol–water partition coefficient (Wildman–Crippen LogP) is 0.241. The Morgan fingerprint density at radius 3 is 3.00 bits per heavy atom. The quantitative estimate of drug-likeness (QED) is 0.731. The summed E-state index contributed by atoms with van der Waals surface area (Å²) in [5, 5.41) is 17.5. The Morgan fingerprint density at radius 1 is 1.71 bits per heavy atom. The number of hydrogen-bond donors (Lipinski definition) is 1. The number of hydrogen-bond acceptors (Lipinski definition) is 5. The van der Waals surface area contributed by atoms with Crippen molar-refractivity contribution in [1.29, 1.82) is 5.26 Å². The van der Waals surface area contributed by atoms with Crippen LogP contribution in [0.1, 0.15) is 13.8 Å². The van der Waals surface area contributed by atoms with E-state index < -0.39 is 5.60 Å². The Balaban J connectivity index is 2.52. The summed E-state index contributed by atoms with van der Waals surface area (Å²) in [6, 6.07) is 1.99. The molecule has 1 atom stereocenters. The largest absolute Gasteiger partial charge is 0.394 e. The van der Waals surface area contributed by atoms with Gasteiger partial charge in [-0.25, -0.2) is 0 Å². The molecule has 6 heteroatoms. The van der Waals surface area contributed by atoms with E-state index in [1.54, 1.807) is 4.90 Å². The number of carbonyl (C=O) groups excluding carboxylic acids is 1. The van der Waals surface area contributed by atoms with E-state index in [0.29, 0.717) is 24.6 Å². The molecule has 0 spiro atoms. The lowest BCUT2D eigenvalue weighted by Gasteiger charge is -2.42. The Labute approximate surface area is 106 Å². The second kappa shape index (κ2) is 6.24. The molecule has 1 saturated heterocycles. The van der Waals surface area contributed by atoms with Gasteiger partial charge in [0.25, 0.3) is 0 Å². The number of nitrogens with zero attached hydrogens (tertiary/aromatic N) is 2. The van der Waals surface area contributed by atoms with Crippen molar-refractivity contribution < 1.29 is 14.6 Å². The van der Waals surface area contributed by atoms with Crippen LogP contribution < -0.4 is 0 Å². The molecule has 0 aromatic heterocycles. The van der Waals surface area contributed by atoms with Crippen LogP contribution in [0.4, 0.5) is 0 Å². The molecule has 17 heavy (non-hydrogen) atoms. The van der Waals surface area contributed by atoms with E-state index in [1.807, 2.05) is 19.9 Å². The molecule has 0 radical (unpaired) electrons. The lowest BCUT2D eigenvalue weighted by molar-refractivity contribution is -0.165. The highest BCUT2D eigenvalue weighted by atomic mass is 32.2. The fourth-order valence-electron chi connectivity index (χ4n) is 1.86. The zero-order chi connectivity index (χ0) is 12.9. The van der Waals surface area contributed by atoms with Gasteiger partial charge in [0.1, 0.15) is 0 Å². The van der Waals surface area contributed by atoms with Crippen molar-refractivity contribution >= 4 is 17.7 Å². The molecule has 1 amide bonds. The minimum atomic E-state index is -0.429. The van der Waals surface area contributed by atoms with Crippen molar-refractivity contribution in [3.63, 3.8) is 0 Å². The molecule has 0 aromatic carbocycles. The van der Waals surface area contributed by atoms with E-state index in [1.165, 1.54) is 11.8 Å². The second-order valence-electron chi connectivity index (χ2n) is 4.61. The zero-order valence-electron chi connectivity index (χ0n) is 10.2. The summed E-state index contributed by atoms with van der Waals surface area (Å²) in [4.78, 5) is 13.6. The fraction of sp³-hybridized carbons (Fsp3) is 0.818. The third kappa shape index (κ3) is 4.54. The first-order valence-corrected chi connectivity index (χ1v) is 6.65. The van der Waals surface area contributed by atoms with Gasteiger partial charge in [-0.15, -0.1) is 11.8 Å². The third-order valence-electron chi connectivity index (χ3n) is 2.43. The molecule has 0 saturated carbocycles. The molecule has 0 aliphatic carbocycles. The summed E-state index contributed by atoms with van der Waals surface area (Å²) >= 11 is 1.31. The normalized spacial score (nSPS) is 23.2. The van der Waals surface area contributed by atoms with Crippen LogP contribution in [0.2, 0.25) is 0 Å². The molecular formula is C11H18N2O3S. The number of carbonyl (C=O) groups is 1. The minimum Gasteiger partial charge on any atom is -0.394 e. The smallest absolute Gasteiger partial charge is 0.232 e. The molecule has 96 valence electrons. The highest BCUT2D eigenvalue weighted by molar-refractivity contribution is 8.00. The number of thioether (sulfide) groups is 1. The van der Waals surface area contributed by atoms with Crippen molar-refractivity contribution in [2.45, 2.75) is 25.6 Å². The van der Waals surface area contributed by atoms with Crippen molar-refractivity contribution in [2.75, 3.05) is 31.2 Å². The predicted molar refractivity (Wildman–Crippen MR) is 65.6 cm³/mol. The summed E-state index contributed by atoms with van der Waals surface area (Å²) in [7, 11) is 0. The van der Waals surface area contributed by atoms with E-state index in [9.17, 15) is 4.79 Å². The fourth-order valence-corrected chi connectivity index (χ4v) is 2.41. The molecule has 1 N–H and O–H groups in total. The van der Waals surface area contributed by atoms with E-state index in [0.717, 1.165) is 0 Å². The number of aliphatic hydroxyl groups is 1. The maximum Gasteiger partial charge on any atom is 0.232 e. The van der Waals surface area contributed by atoms with Crippen LogP contribution in [0, 0.1) is 11.3 Å². The molecule has 0 aromatic rings. The van der Waals surface area contributed by atoms with Gasteiger partial charge in [0.2, 0.25) is 5.91 Å². The Hall–Kier alpha value is -0.770. The molecule has 1 aliphatic heterocycles. The lowest BCUT2D eigenvalue weighted by atomic mass is 10.1. The van der Waals surface area contributed by atoms with Gasteiger partial charge in [0.05, 0.1) is 35.9 Å². The molecule has 1 fully saturated rings. The first-order chi connectivity index (χ1) is 7.98. The number of ether oxygens (including phenoxy) is 1. The standard InChI is InChI=1S/C11H18N2O3S/c1-11(2)8-13(5-9(6-14)16-11)10(15)7-17-4-3-12/h9,14H,4-8H2,1-2H3. The van der Waals surface area contributed by atoms with Crippen LogP contribution in [0.5, 0.6) is 0 Å². The van der Waals surface area contributed by atoms with Gasteiger partial charge in [-0.3, -0.25) is 4.79 Å². The van der Waals surface area contributed by atoms with Gasteiger partial charge in [0.15, 0.2) is 0 Å². The number of nitriles is 1. The number of rotatable bonds is 4. The van der Waals surface area contributed by atoms with E-state index in [4.69, 9.17) is 15.1 Å². The summed E-state index contributed by atoms with van der Waals surface area (Å²) in [5.41, 5.74) is -0.429. The van der Waals surface area contributed by atoms with E-state index in [2.05, 4.69) is 0 Å². The SMILES string of the molecule is CC1(C)CN(C(=O)CSCC#N)CC(CO)O1. The number of aliphatic hydroxyl groups excluding tert-OH is 1. The first-order valence-electron chi connectivity index (χ1n) is 5.49. The number of morpholine rings is 1. The monoisotopic (exact) mass is 258 g/mol. The second-order valence-corrected chi connectivity index (χ2v) is 5.59. The summed E-state index contributed by atoms with van der Waals surface area (Å²) < 4.78 is 5.63. The Bertz CT molecular complexity index is 314. The maximum absolute atomic E-state index is 11.9. The van der Waals surface area contributed by atoms with Gasteiger partial charge < -0.3 is 14.7 Å². The van der Waals surface area contributed by atoms with Gasteiger partial charge in [-0.2, -0.15) is 5.26 Å². The summed E-state index contributed by atoms with van der Waals surface area (Å²) in [5.74, 6) is 0.630. The van der Waals surface area contributed by atoms with Crippen LogP contribution in [-0.4, -0.2) is 58.8 Å². The van der Waals surface area contributed by atoms with Crippen molar-refractivity contribution in [3.05, 3.63) is 0 Å². The maximum atomic E-state index is 11.9. The Kier molecular flexibility index (Phi) is 5.25. The first kappa shape index (κ1) is 14.3. The minimum absolute atomic E-state index is 0.0000694. The van der Waals surface area contributed by atoms with E-state index >= 15 is 0 Å². The molecule has 0 bridgehead atoms. The average Bonchev–Trinajstić information content (AvgIpc) is 2.27. The molecule has 1 aliphatic rings. The van der Waals surface area contributed by atoms with Crippen LogP contribution in [0.25, 0.3) is 0 Å². The van der Waals surface area contributed by atoms with Gasteiger partial charge in [-0.05, 0) is 13.8 Å². The van der Waals surface area contributed by atoms with E-state index in [-0.39, 0.29) is 18.6 Å². The van der Waals surface area contributed by atoms with Crippen LogP contribution >= 0.6 is 11.8 Å². The van der Waals surface area contributed by atoms with Gasteiger partial charge in [0, 0.05) is 13.1 Å². The lowest BCUT2D eigenvalue weighted by Crippen LogP contribution is -2.56. The van der Waals surface area contributed by atoms with Crippen LogP contribution in [0.3, 0.4) is 0 Å². The van der Waals surface area contributed by atoms with Crippen molar-refractivity contribution in [2.24, 2.45) is 0 Å². The highest BCUT2D eigenvalue weighted by Gasteiger charge is 2.34. The Morgan fingerprint density at radius 2 is 2.41 bits per heavy atom. The molecule has 1 heterocycles. The van der Waals surface area contributed by atoms with Crippen LogP contribution in [0.15, 0.2) is 0 Å². The molecule has 5 nitrogen and oxygen atoms in total. The highest BCUT2D eigenvalue weighted by Crippen LogP contribution is 2.21. The third-order valence-corrected chi connectivity index (χ3v) is 3.21. The molecular weight excluding hydrogens is 240 g/mol. The zero-order valence-corrected chi connectivity index (χ0v) is 11.0. The molecule has 1 rings (SSSR count). The summed E-state index contributed by atoms with van der Waals surface area (Å²) in [6.07, 6.45) is -0.316. The number of amides is 1. The van der Waals surface area contributed by atoms with Gasteiger partial charge in [-0.1, -0.05) is 0 Å². The average molecular weight is 258 g/mol. The topological polar surface area (TPSA) is 73.6 Å². The molecule has 1 unspecified atom stereocenters. The summed E-state index contributed by atoms with van der Waals surface area (Å²) in [6.45, 7) is 4.66. The van der Waals surface area contributed by atoms with Crippen LogP contribution in [-0.2, 0) is 9.53 Å². The van der Waals surface area contributed by atoms with Gasteiger partial charge >= 0.3 is 0 Å². The van der Waals surface area contributed by atoms with Crippen molar-refractivity contribution in [1.82, 2.24) is 4.90 Å². The van der Waals surface area contributed by atoms with Crippen molar-refractivity contribution in [3.8, 4) is 6.07 Å².